The van der Waals surface area contributed by atoms with E-state index in [9.17, 15) is 13.6 Å². The molecule has 0 bridgehead atoms. The Hall–Kier alpha value is -3.35. The molecule has 4 nitrogen and oxygen atoms in total. The Morgan fingerprint density at radius 3 is 2.00 bits per heavy atom. The Bertz CT molecular complexity index is 1310. The summed E-state index contributed by atoms with van der Waals surface area (Å²) in [6.07, 6.45) is 0.884. The van der Waals surface area contributed by atoms with Crippen LogP contribution in [0.15, 0.2) is 82.0 Å². The Balaban J connectivity index is 1.35. The Labute approximate surface area is 203 Å². The first-order valence-corrected chi connectivity index (χ1v) is 12.0. The van der Waals surface area contributed by atoms with Crippen LogP contribution in [0.2, 0.25) is 0 Å². The van der Waals surface area contributed by atoms with Crippen LogP contribution in [0.4, 0.5) is 8.78 Å². The number of rotatable bonds is 6. The maximum atomic E-state index is 13.6. The fourth-order valence-electron chi connectivity index (χ4n) is 4.95. The van der Waals surface area contributed by atoms with Crippen molar-refractivity contribution in [2.45, 2.75) is 25.9 Å². The predicted molar refractivity (Wildman–Crippen MR) is 133 cm³/mol. The van der Waals surface area contributed by atoms with E-state index in [2.05, 4.69) is 22.8 Å². The number of fused-ring (bicyclic) bond motifs is 1. The van der Waals surface area contributed by atoms with Gasteiger partial charge in [-0.25, -0.2) is 13.6 Å². The van der Waals surface area contributed by atoms with E-state index in [1.165, 1.54) is 24.3 Å². The summed E-state index contributed by atoms with van der Waals surface area (Å²) in [5, 5.41) is 0.972. The van der Waals surface area contributed by atoms with Gasteiger partial charge >= 0.3 is 5.63 Å². The fraction of sp³-hybridized carbons (Fsp3) is 0.276. The molecule has 1 aliphatic heterocycles. The van der Waals surface area contributed by atoms with Gasteiger partial charge < -0.3 is 4.42 Å². The van der Waals surface area contributed by atoms with Gasteiger partial charge in [-0.3, -0.25) is 9.80 Å². The molecule has 3 aromatic carbocycles. The minimum Gasteiger partial charge on any atom is -0.423 e. The minimum atomic E-state index is -0.327. The summed E-state index contributed by atoms with van der Waals surface area (Å²) in [5.74, 6) is -0.552. The first-order chi connectivity index (χ1) is 17.0. The molecule has 0 atom stereocenters. The molecule has 180 valence electrons. The van der Waals surface area contributed by atoms with E-state index in [-0.39, 0.29) is 23.3 Å². The summed E-state index contributed by atoms with van der Waals surface area (Å²) >= 11 is 0. The molecule has 5 rings (SSSR count). The summed E-state index contributed by atoms with van der Waals surface area (Å²) in [6.45, 7) is 5.95. The number of benzene rings is 3. The van der Waals surface area contributed by atoms with Crippen LogP contribution in [0.5, 0.6) is 0 Å². The molecule has 0 amide bonds. The van der Waals surface area contributed by atoms with Crippen LogP contribution >= 0.6 is 0 Å². The third kappa shape index (κ3) is 5.19. The highest BCUT2D eigenvalue weighted by Crippen LogP contribution is 2.30. The molecular formula is C29H28F2N2O2. The molecule has 1 fully saturated rings. The number of halogens is 2. The predicted octanol–water partition coefficient (Wildman–Crippen LogP) is 5.54. The van der Waals surface area contributed by atoms with Gasteiger partial charge in [-0.2, -0.15) is 0 Å². The van der Waals surface area contributed by atoms with Crippen LogP contribution < -0.4 is 5.63 Å². The molecule has 1 aromatic heterocycles. The largest absolute Gasteiger partial charge is 0.423 e. The number of hydrogen-bond donors (Lipinski definition) is 0. The second-order valence-electron chi connectivity index (χ2n) is 9.09. The first-order valence-electron chi connectivity index (χ1n) is 12.0. The van der Waals surface area contributed by atoms with E-state index in [0.29, 0.717) is 12.1 Å². The van der Waals surface area contributed by atoms with E-state index in [1.54, 1.807) is 30.3 Å². The summed E-state index contributed by atoms with van der Waals surface area (Å²) in [7, 11) is 0. The van der Waals surface area contributed by atoms with E-state index in [4.69, 9.17) is 4.42 Å². The van der Waals surface area contributed by atoms with Crippen LogP contribution in [0.1, 0.15) is 35.2 Å². The van der Waals surface area contributed by atoms with Crippen LogP contribution in [0.3, 0.4) is 0 Å². The molecule has 2 heterocycles. The van der Waals surface area contributed by atoms with Crippen molar-refractivity contribution >= 4 is 11.0 Å². The van der Waals surface area contributed by atoms with Crippen molar-refractivity contribution in [3.8, 4) is 0 Å². The third-order valence-corrected chi connectivity index (χ3v) is 6.84. The quantitative estimate of drug-likeness (QED) is 0.344. The molecule has 1 aliphatic rings. The standard InChI is InChI=1S/C29H28F2N2O2/c1-2-20-3-12-26-23(18-28(34)35-27(26)17-20)19-32-13-15-33(16-14-32)29(21-4-8-24(30)9-5-21)22-6-10-25(31)11-7-22/h3-12,17-18,29H,2,13-16,19H2,1H3. The zero-order valence-electron chi connectivity index (χ0n) is 19.7. The fourth-order valence-corrected chi connectivity index (χ4v) is 4.95. The van der Waals surface area contributed by atoms with Crippen LogP contribution in [0, 0.1) is 11.6 Å². The Kier molecular flexibility index (Phi) is 6.75. The highest BCUT2D eigenvalue weighted by Gasteiger charge is 2.27. The van der Waals surface area contributed by atoms with Gasteiger partial charge in [-0.05, 0) is 59.0 Å². The number of piperazine rings is 1. The summed E-state index contributed by atoms with van der Waals surface area (Å²) in [5.41, 5.74) is 4.37. The summed E-state index contributed by atoms with van der Waals surface area (Å²) in [6, 6.07) is 20.7. The average molecular weight is 475 g/mol. The average Bonchev–Trinajstić information content (AvgIpc) is 2.87. The van der Waals surface area contributed by atoms with E-state index in [1.807, 2.05) is 12.1 Å². The van der Waals surface area contributed by atoms with Crippen molar-refractivity contribution in [2.24, 2.45) is 0 Å². The Morgan fingerprint density at radius 2 is 1.43 bits per heavy atom. The van der Waals surface area contributed by atoms with Crippen molar-refractivity contribution in [3.63, 3.8) is 0 Å². The SMILES string of the molecule is CCc1ccc2c(CN3CCN(C(c4ccc(F)cc4)c4ccc(F)cc4)CC3)cc(=O)oc2c1. The van der Waals surface area contributed by atoms with Crippen molar-refractivity contribution in [2.75, 3.05) is 26.2 Å². The van der Waals surface area contributed by atoms with Crippen molar-refractivity contribution in [1.29, 1.82) is 0 Å². The minimum absolute atomic E-state index is 0.0876. The number of aryl methyl sites for hydroxylation is 1. The zero-order valence-corrected chi connectivity index (χ0v) is 19.7. The van der Waals surface area contributed by atoms with E-state index >= 15 is 0 Å². The van der Waals surface area contributed by atoms with Gasteiger partial charge in [0.1, 0.15) is 17.2 Å². The summed E-state index contributed by atoms with van der Waals surface area (Å²) < 4.78 is 32.6. The molecule has 0 unspecified atom stereocenters. The lowest BCUT2D eigenvalue weighted by atomic mass is 9.96. The van der Waals surface area contributed by atoms with Crippen LogP contribution in [-0.2, 0) is 13.0 Å². The van der Waals surface area contributed by atoms with Gasteiger partial charge in [0.15, 0.2) is 0 Å². The monoisotopic (exact) mass is 474 g/mol. The maximum absolute atomic E-state index is 13.6. The van der Waals surface area contributed by atoms with Gasteiger partial charge in [0.05, 0.1) is 6.04 Å². The molecule has 0 saturated carbocycles. The zero-order chi connectivity index (χ0) is 24.4. The topological polar surface area (TPSA) is 36.7 Å². The molecule has 6 heteroatoms. The number of hydrogen-bond acceptors (Lipinski definition) is 4. The van der Waals surface area contributed by atoms with Gasteiger partial charge in [0.2, 0.25) is 0 Å². The molecule has 35 heavy (non-hydrogen) atoms. The molecule has 1 saturated heterocycles. The maximum Gasteiger partial charge on any atom is 0.336 e. The lowest BCUT2D eigenvalue weighted by Crippen LogP contribution is -2.47. The lowest BCUT2D eigenvalue weighted by Gasteiger charge is -2.40. The van der Waals surface area contributed by atoms with Crippen LogP contribution in [0.25, 0.3) is 11.0 Å². The van der Waals surface area contributed by atoms with Crippen molar-refractivity contribution in [1.82, 2.24) is 9.80 Å². The van der Waals surface area contributed by atoms with Crippen LogP contribution in [-0.4, -0.2) is 36.0 Å². The van der Waals surface area contributed by atoms with E-state index < -0.39 is 0 Å². The van der Waals surface area contributed by atoms with E-state index in [0.717, 1.165) is 60.2 Å². The van der Waals surface area contributed by atoms with Crippen molar-refractivity contribution in [3.05, 3.63) is 117 Å². The molecule has 4 aromatic rings. The second-order valence-corrected chi connectivity index (χ2v) is 9.09. The third-order valence-electron chi connectivity index (χ3n) is 6.84. The molecule has 0 N–H and O–H groups in total. The first kappa shape index (κ1) is 23.4. The molecule has 0 radical (unpaired) electrons. The lowest BCUT2D eigenvalue weighted by molar-refractivity contribution is 0.105. The smallest absolute Gasteiger partial charge is 0.336 e. The van der Waals surface area contributed by atoms with Gasteiger partial charge in [-0.15, -0.1) is 0 Å². The van der Waals surface area contributed by atoms with Gasteiger partial charge in [-0.1, -0.05) is 43.3 Å². The number of nitrogens with zero attached hydrogens (tertiary/aromatic N) is 2. The highest BCUT2D eigenvalue weighted by atomic mass is 19.1. The normalized spacial score (nSPS) is 15.2. The van der Waals surface area contributed by atoms with Gasteiger partial charge in [0.25, 0.3) is 0 Å². The molecule has 0 spiro atoms. The van der Waals surface area contributed by atoms with Crippen molar-refractivity contribution < 1.29 is 13.2 Å². The second kappa shape index (κ2) is 10.1. The van der Waals surface area contributed by atoms with Gasteiger partial charge in [0, 0.05) is 44.2 Å². The molecule has 0 aliphatic carbocycles. The molecular weight excluding hydrogens is 446 g/mol. The Morgan fingerprint density at radius 1 is 0.829 bits per heavy atom. The highest BCUT2D eigenvalue weighted by molar-refractivity contribution is 5.80. The summed E-state index contributed by atoms with van der Waals surface area (Å²) in [4.78, 5) is 16.9.